The maximum absolute atomic E-state index is 9.73. The lowest BCUT2D eigenvalue weighted by molar-refractivity contribution is 0.269. The Morgan fingerprint density at radius 2 is 2.24 bits per heavy atom. The summed E-state index contributed by atoms with van der Waals surface area (Å²) in [6.07, 6.45) is 3.56. The molecule has 4 N–H and O–H groups in total. The van der Waals surface area contributed by atoms with E-state index in [0.29, 0.717) is 17.4 Å². The molecule has 0 fully saturated rings. The number of aromatic nitrogens is 4. The molecular formula is C16H16Cl2N6O. The van der Waals surface area contributed by atoms with Crippen molar-refractivity contribution in [3.05, 3.63) is 39.8 Å². The summed E-state index contributed by atoms with van der Waals surface area (Å²) in [4.78, 5) is 17.9. The van der Waals surface area contributed by atoms with Crippen LogP contribution in [0.2, 0.25) is 10.2 Å². The molecule has 25 heavy (non-hydrogen) atoms. The number of aliphatic hydroxyl groups excluding tert-OH is 1. The van der Waals surface area contributed by atoms with E-state index in [1.54, 1.807) is 12.4 Å². The van der Waals surface area contributed by atoms with Gasteiger partial charge in [0.15, 0.2) is 0 Å². The summed E-state index contributed by atoms with van der Waals surface area (Å²) in [6.45, 7) is 2.51. The van der Waals surface area contributed by atoms with Gasteiger partial charge in [0, 0.05) is 41.4 Å². The number of anilines is 2. The number of aromatic amines is 1. The zero-order valence-electron chi connectivity index (χ0n) is 13.4. The van der Waals surface area contributed by atoms with Gasteiger partial charge in [0.25, 0.3) is 0 Å². The number of pyridine rings is 1. The van der Waals surface area contributed by atoms with E-state index >= 15 is 0 Å². The highest BCUT2D eigenvalue weighted by atomic mass is 35.5. The maximum Gasteiger partial charge on any atom is 0.223 e. The van der Waals surface area contributed by atoms with Gasteiger partial charge < -0.3 is 20.7 Å². The molecule has 0 radical (unpaired) electrons. The van der Waals surface area contributed by atoms with E-state index in [9.17, 15) is 5.11 Å². The number of H-pyrrole nitrogens is 1. The van der Waals surface area contributed by atoms with E-state index < -0.39 is 0 Å². The van der Waals surface area contributed by atoms with Crippen LogP contribution in [-0.4, -0.2) is 38.2 Å². The maximum atomic E-state index is 9.73. The Bertz CT molecular complexity index is 959. The molecule has 0 bridgehead atoms. The van der Waals surface area contributed by atoms with E-state index in [0.717, 1.165) is 22.2 Å². The molecule has 1 aliphatic heterocycles. The summed E-state index contributed by atoms with van der Waals surface area (Å²) in [5, 5.41) is 11.5. The summed E-state index contributed by atoms with van der Waals surface area (Å²) >= 11 is 12.8. The predicted molar refractivity (Wildman–Crippen MR) is 98.1 cm³/mol. The molecule has 4 rings (SSSR count). The summed E-state index contributed by atoms with van der Waals surface area (Å²) < 4.78 is 0. The van der Waals surface area contributed by atoms with Gasteiger partial charge in [-0.2, -0.15) is 4.98 Å². The molecule has 3 aromatic heterocycles. The van der Waals surface area contributed by atoms with Gasteiger partial charge in [-0.15, -0.1) is 0 Å². The van der Waals surface area contributed by atoms with Crippen LogP contribution in [0.4, 0.5) is 11.8 Å². The Balaban J connectivity index is 1.81. The van der Waals surface area contributed by atoms with E-state index in [2.05, 4.69) is 19.9 Å². The number of nitrogens with two attached hydrogens (primary N) is 1. The fourth-order valence-electron chi connectivity index (χ4n) is 3.37. The number of halogens is 2. The molecule has 7 nitrogen and oxygen atoms in total. The SMILES string of the molecule is CC(c1cnc2[nH]ccc2c1Cl)N1CC(CO)c2c(Cl)nc(N)nc21. The zero-order chi connectivity index (χ0) is 17.7. The number of rotatable bonds is 3. The first-order valence-electron chi connectivity index (χ1n) is 7.83. The molecule has 2 unspecified atom stereocenters. The van der Waals surface area contributed by atoms with Crippen LogP contribution in [-0.2, 0) is 0 Å². The van der Waals surface area contributed by atoms with Crippen LogP contribution in [0.3, 0.4) is 0 Å². The van der Waals surface area contributed by atoms with Crippen LogP contribution >= 0.6 is 23.2 Å². The topological polar surface area (TPSA) is 104 Å². The summed E-state index contributed by atoms with van der Waals surface area (Å²) in [6, 6.07) is 1.77. The van der Waals surface area contributed by atoms with Gasteiger partial charge in [-0.25, -0.2) is 9.97 Å². The highest BCUT2D eigenvalue weighted by Crippen LogP contribution is 2.44. The molecule has 4 heterocycles. The highest BCUT2D eigenvalue weighted by molar-refractivity contribution is 6.36. The number of hydrogen-bond donors (Lipinski definition) is 3. The van der Waals surface area contributed by atoms with Gasteiger partial charge >= 0.3 is 0 Å². The summed E-state index contributed by atoms with van der Waals surface area (Å²) in [7, 11) is 0. The molecule has 130 valence electrons. The van der Waals surface area contributed by atoms with Crippen molar-refractivity contribution in [3.8, 4) is 0 Å². The van der Waals surface area contributed by atoms with Crippen molar-refractivity contribution in [1.29, 1.82) is 0 Å². The zero-order valence-corrected chi connectivity index (χ0v) is 14.9. The van der Waals surface area contributed by atoms with Gasteiger partial charge in [0.05, 0.1) is 17.7 Å². The monoisotopic (exact) mass is 378 g/mol. The van der Waals surface area contributed by atoms with Crippen LogP contribution in [0.5, 0.6) is 0 Å². The Hall–Kier alpha value is -2.09. The van der Waals surface area contributed by atoms with E-state index in [1.165, 1.54) is 0 Å². The van der Waals surface area contributed by atoms with Crippen LogP contribution in [0.25, 0.3) is 11.0 Å². The third kappa shape index (κ3) is 2.50. The smallest absolute Gasteiger partial charge is 0.223 e. The van der Waals surface area contributed by atoms with Gasteiger partial charge in [-0.1, -0.05) is 23.2 Å². The molecule has 3 aromatic rings. The minimum absolute atomic E-state index is 0.0496. The Kier molecular flexibility index (Phi) is 3.94. The first-order chi connectivity index (χ1) is 12.0. The van der Waals surface area contributed by atoms with Gasteiger partial charge in [-0.3, -0.25) is 0 Å². The second-order valence-electron chi connectivity index (χ2n) is 6.09. The average Bonchev–Trinajstić information content (AvgIpc) is 3.19. The number of nitrogen functional groups attached to an aromatic ring is 1. The molecule has 0 saturated carbocycles. The molecule has 0 aliphatic carbocycles. The molecule has 2 atom stereocenters. The molecule has 9 heteroatoms. The average molecular weight is 379 g/mol. The number of aliphatic hydroxyl groups is 1. The Labute approximate surface area is 153 Å². The Morgan fingerprint density at radius 1 is 1.44 bits per heavy atom. The van der Waals surface area contributed by atoms with Crippen molar-refractivity contribution in [3.63, 3.8) is 0 Å². The fraction of sp³-hybridized carbons (Fsp3) is 0.312. The minimum Gasteiger partial charge on any atom is -0.396 e. The number of nitrogens with zero attached hydrogens (tertiary/aromatic N) is 4. The lowest BCUT2D eigenvalue weighted by Gasteiger charge is -2.27. The van der Waals surface area contributed by atoms with Crippen molar-refractivity contribution in [2.24, 2.45) is 0 Å². The lowest BCUT2D eigenvalue weighted by atomic mass is 10.1. The molecule has 1 aliphatic rings. The van der Waals surface area contributed by atoms with Crippen LogP contribution in [0.15, 0.2) is 18.5 Å². The Morgan fingerprint density at radius 3 is 3.00 bits per heavy atom. The van der Waals surface area contributed by atoms with Crippen molar-refractivity contribution in [2.75, 3.05) is 23.8 Å². The van der Waals surface area contributed by atoms with E-state index in [-0.39, 0.29) is 29.7 Å². The first-order valence-corrected chi connectivity index (χ1v) is 8.58. The van der Waals surface area contributed by atoms with Gasteiger partial charge in [-0.05, 0) is 13.0 Å². The van der Waals surface area contributed by atoms with Gasteiger partial charge in [0.1, 0.15) is 16.6 Å². The molecule has 0 saturated heterocycles. The van der Waals surface area contributed by atoms with Crippen LogP contribution in [0.1, 0.15) is 30.0 Å². The van der Waals surface area contributed by atoms with Crippen molar-refractivity contribution >= 4 is 46.0 Å². The molecule has 0 amide bonds. The van der Waals surface area contributed by atoms with Crippen molar-refractivity contribution in [2.45, 2.75) is 18.9 Å². The van der Waals surface area contributed by atoms with Crippen LogP contribution < -0.4 is 10.6 Å². The number of fused-ring (bicyclic) bond motifs is 2. The second-order valence-corrected chi connectivity index (χ2v) is 6.82. The minimum atomic E-state index is -0.173. The standard InChI is InChI=1S/C16H16Cl2N6O/c1-7(10-4-21-14-9(12(10)17)2-3-20-14)24-5-8(6-25)11-13(18)22-16(19)23-15(11)24/h2-4,7-8,25H,5-6H2,1H3,(H,20,21)(H2,19,22,23). The predicted octanol–water partition coefficient (Wildman–Crippen LogP) is 2.90. The number of nitrogens with one attached hydrogen (secondary N) is 1. The molecular weight excluding hydrogens is 363 g/mol. The highest BCUT2D eigenvalue weighted by Gasteiger charge is 2.36. The van der Waals surface area contributed by atoms with Gasteiger partial charge in [0.2, 0.25) is 5.95 Å². The second kappa shape index (κ2) is 6.01. The normalized spacial score (nSPS) is 17.9. The number of hydrogen-bond acceptors (Lipinski definition) is 6. The third-order valence-electron chi connectivity index (χ3n) is 4.68. The molecule has 0 aromatic carbocycles. The van der Waals surface area contributed by atoms with E-state index in [4.69, 9.17) is 28.9 Å². The van der Waals surface area contributed by atoms with Crippen molar-refractivity contribution < 1.29 is 5.11 Å². The van der Waals surface area contributed by atoms with Crippen molar-refractivity contribution in [1.82, 2.24) is 19.9 Å². The summed E-state index contributed by atoms with van der Waals surface area (Å²) in [5.74, 6) is 0.562. The third-order valence-corrected chi connectivity index (χ3v) is 5.39. The fourth-order valence-corrected chi connectivity index (χ4v) is 4.06. The summed E-state index contributed by atoms with van der Waals surface area (Å²) in [5.41, 5.74) is 8.10. The first kappa shape index (κ1) is 16.4. The molecule has 0 spiro atoms. The van der Waals surface area contributed by atoms with Crippen LogP contribution in [0, 0.1) is 0 Å². The largest absolute Gasteiger partial charge is 0.396 e. The van der Waals surface area contributed by atoms with E-state index in [1.807, 2.05) is 17.9 Å². The lowest BCUT2D eigenvalue weighted by Crippen LogP contribution is -2.27. The quantitative estimate of drug-likeness (QED) is 0.605.